The van der Waals surface area contributed by atoms with Gasteiger partial charge in [-0.15, -0.1) is 9.24 Å². The molecule has 1 unspecified atom stereocenters. The lowest BCUT2D eigenvalue weighted by atomic mass is 9.78. The number of hydrogen-bond acceptors (Lipinski definition) is 2. The first kappa shape index (κ1) is 34.8. The Morgan fingerprint density at radius 2 is 0.889 bits per heavy atom. The van der Waals surface area contributed by atoms with Gasteiger partial charge in [0.1, 0.15) is 11.5 Å². The third kappa shape index (κ3) is 7.66. The highest BCUT2D eigenvalue weighted by atomic mass is 31.0. The molecule has 0 amide bonds. The molecule has 4 aromatic rings. The molecule has 0 aromatic heterocycles. The zero-order valence-electron chi connectivity index (χ0n) is 30.2. The van der Waals surface area contributed by atoms with Gasteiger partial charge in [0.25, 0.3) is 0 Å². The van der Waals surface area contributed by atoms with Crippen LogP contribution in [0, 0.1) is 13.8 Å². The lowest BCUT2D eigenvalue weighted by Gasteiger charge is -2.30. The van der Waals surface area contributed by atoms with Crippen LogP contribution in [-0.4, -0.2) is 0 Å². The van der Waals surface area contributed by atoms with Gasteiger partial charge in [-0.25, -0.2) is 0 Å². The van der Waals surface area contributed by atoms with E-state index < -0.39 is 0 Å². The molecule has 0 aliphatic heterocycles. The minimum Gasteiger partial charge on any atom is -0.453 e. The van der Waals surface area contributed by atoms with Crippen molar-refractivity contribution in [1.82, 2.24) is 0 Å². The summed E-state index contributed by atoms with van der Waals surface area (Å²) in [6, 6.07) is 23.8. The molecular weight excluding hydrogens is 567 g/mol. The van der Waals surface area contributed by atoms with E-state index in [9.17, 15) is 0 Å². The van der Waals surface area contributed by atoms with Crippen molar-refractivity contribution in [1.29, 1.82) is 0 Å². The second-order valence-corrected chi connectivity index (χ2v) is 17.3. The van der Waals surface area contributed by atoms with Crippen LogP contribution < -0.4 is 14.8 Å². The van der Waals surface area contributed by atoms with Gasteiger partial charge in [-0.05, 0) is 93.2 Å². The summed E-state index contributed by atoms with van der Waals surface area (Å²) < 4.78 is 14.0. The molecule has 0 saturated heterocycles. The fourth-order valence-electron chi connectivity index (χ4n) is 6.18. The van der Waals surface area contributed by atoms with Crippen molar-refractivity contribution in [2.24, 2.45) is 0 Å². The fraction of sp³-hybridized carbons (Fsp3) is 0.429. The van der Waals surface area contributed by atoms with Gasteiger partial charge >= 0.3 is 0 Å². The Kier molecular flexibility index (Phi) is 9.47. The molecule has 240 valence electrons. The van der Waals surface area contributed by atoms with Crippen molar-refractivity contribution in [2.75, 3.05) is 0 Å². The summed E-state index contributed by atoms with van der Waals surface area (Å²) in [5.74, 6) is 3.14. The zero-order valence-corrected chi connectivity index (χ0v) is 31.4. The van der Waals surface area contributed by atoms with Crippen LogP contribution in [0.2, 0.25) is 0 Å². The molecule has 0 saturated carbocycles. The molecule has 0 bridgehead atoms. The minimum absolute atomic E-state index is 0.0241. The largest absolute Gasteiger partial charge is 0.453 e. The summed E-state index contributed by atoms with van der Waals surface area (Å²) in [5, 5.41) is 0.969. The van der Waals surface area contributed by atoms with Crippen LogP contribution in [0.3, 0.4) is 0 Å². The van der Waals surface area contributed by atoms with Crippen LogP contribution >= 0.6 is 9.24 Å². The summed E-state index contributed by atoms with van der Waals surface area (Å²) in [6.45, 7) is 31.6. The molecule has 4 rings (SSSR count). The van der Waals surface area contributed by atoms with Gasteiger partial charge in [0, 0.05) is 16.4 Å². The number of aryl methyl sites for hydroxylation is 2. The van der Waals surface area contributed by atoms with Crippen LogP contribution in [0.1, 0.15) is 116 Å². The van der Waals surface area contributed by atoms with Gasteiger partial charge in [-0.1, -0.05) is 126 Å². The smallest absolute Gasteiger partial charge is 0.177 e. The SMILES string of the molecule is Cc1cc(Oc2ccc(-c3ccccc3)c(P)c2Oc2cc(C)c(C(C)(C)C)cc2C(C)(C)C)c(C(C)(C)C)cc1C(C)(C)C. The highest BCUT2D eigenvalue weighted by Gasteiger charge is 2.29. The van der Waals surface area contributed by atoms with Gasteiger partial charge in [-0.3, -0.25) is 0 Å². The molecular formula is C42H55O2P. The standard InChI is InChI=1S/C42H55O2P/c1-26-22-35(32(41(9,10)11)24-30(26)39(3,4)5)43-34-21-20-29(28-18-16-15-17-19-28)38(45)37(34)44-36-23-27(2)31(40(6,7)8)25-33(36)42(12,13)14/h15-25H,45H2,1-14H3. The van der Waals surface area contributed by atoms with E-state index in [1.54, 1.807) is 0 Å². The van der Waals surface area contributed by atoms with Gasteiger partial charge < -0.3 is 9.47 Å². The Balaban J connectivity index is 1.97. The van der Waals surface area contributed by atoms with E-state index >= 15 is 0 Å². The second-order valence-electron chi connectivity index (χ2n) is 16.8. The third-order valence-corrected chi connectivity index (χ3v) is 9.14. The monoisotopic (exact) mass is 622 g/mol. The molecule has 0 N–H and O–H groups in total. The summed E-state index contributed by atoms with van der Waals surface area (Å²) in [5.41, 5.74) is 9.53. The first-order chi connectivity index (χ1) is 20.6. The van der Waals surface area contributed by atoms with E-state index in [1.807, 2.05) is 6.07 Å². The Morgan fingerprint density at radius 1 is 0.467 bits per heavy atom. The summed E-state index contributed by atoms with van der Waals surface area (Å²) in [4.78, 5) is 0. The number of benzene rings is 4. The Morgan fingerprint density at radius 3 is 1.31 bits per heavy atom. The van der Waals surface area contributed by atoms with E-state index in [4.69, 9.17) is 9.47 Å². The first-order valence-electron chi connectivity index (χ1n) is 16.2. The van der Waals surface area contributed by atoms with Crippen LogP contribution in [0.25, 0.3) is 11.1 Å². The molecule has 1 atom stereocenters. The quantitative estimate of drug-likeness (QED) is 0.206. The normalized spacial score (nSPS) is 12.8. The Bertz CT molecular complexity index is 1690. The highest BCUT2D eigenvalue weighted by molar-refractivity contribution is 7.28. The van der Waals surface area contributed by atoms with E-state index in [0.29, 0.717) is 11.5 Å². The number of rotatable bonds is 5. The number of hydrogen-bond donors (Lipinski definition) is 0. The molecule has 0 aliphatic carbocycles. The average Bonchev–Trinajstić information content (AvgIpc) is 2.88. The predicted octanol–water partition coefficient (Wildman–Crippen LogP) is 12.2. The van der Waals surface area contributed by atoms with Gasteiger partial charge in [0.2, 0.25) is 0 Å². The Hall–Kier alpha value is -3.09. The van der Waals surface area contributed by atoms with Gasteiger partial charge in [0.05, 0.1) is 0 Å². The molecule has 0 fully saturated rings. The second kappa shape index (κ2) is 12.3. The maximum atomic E-state index is 7.07. The highest BCUT2D eigenvalue weighted by Crippen LogP contribution is 2.45. The van der Waals surface area contributed by atoms with E-state index in [2.05, 4.69) is 167 Å². The van der Waals surface area contributed by atoms with Crippen LogP contribution in [0.15, 0.2) is 66.7 Å². The fourth-order valence-corrected chi connectivity index (χ4v) is 6.65. The van der Waals surface area contributed by atoms with Crippen molar-refractivity contribution < 1.29 is 9.47 Å². The summed E-state index contributed by atoms with van der Waals surface area (Å²) in [6.07, 6.45) is 0. The lowest BCUT2D eigenvalue weighted by molar-refractivity contribution is 0.402. The molecule has 2 nitrogen and oxygen atoms in total. The van der Waals surface area contributed by atoms with Crippen LogP contribution in [0.4, 0.5) is 0 Å². The summed E-state index contributed by atoms with van der Waals surface area (Å²) in [7, 11) is 2.96. The van der Waals surface area contributed by atoms with Crippen molar-refractivity contribution >= 4 is 14.5 Å². The molecule has 0 heterocycles. The van der Waals surface area contributed by atoms with Gasteiger partial charge in [-0.2, -0.15) is 0 Å². The zero-order chi connectivity index (χ0) is 33.7. The Labute approximate surface area is 276 Å². The van der Waals surface area contributed by atoms with Gasteiger partial charge in [0.15, 0.2) is 11.5 Å². The van der Waals surface area contributed by atoms with E-state index in [-0.39, 0.29) is 21.7 Å². The number of ether oxygens (including phenoxy) is 2. The molecule has 0 aliphatic rings. The maximum absolute atomic E-state index is 7.07. The topological polar surface area (TPSA) is 18.5 Å². The molecule has 3 heteroatoms. The van der Waals surface area contributed by atoms with E-state index in [0.717, 1.165) is 27.9 Å². The van der Waals surface area contributed by atoms with Crippen molar-refractivity contribution in [2.45, 2.75) is 119 Å². The van der Waals surface area contributed by atoms with Crippen molar-refractivity contribution in [3.63, 3.8) is 0 Å². The first-order valence-corrected chi connectivity index (χ1v) is 16.8. The minimum atomic E-state index is -0.124. The van der Waals surface area contributed by atoms with Crippen molar-refractivity contribution in [3.8, 4) is 34.1 Å². The maximum Gasteiger partial charge on any atom is 0.177 e. The van der Waals surface area contributed by atoms with E-state index in [1.165, 1.54) is 33.4 Å². The average molecular weight is 623 g/mol. The lowest BCUT2D eigenvalue weighted by Crippen LogP contribution is -2.19. The molecule has 45 heavy (non-hydrogen) atoms. The predicted molar refractivity (Wildman–Crippen MR) is 199 cm³/mol. The van der Waals surface area contributed by atoms with Crippen LogP contribution in [-0.2, 0) is 21.7 Å². The molecule has 0 radical (unpaired) electrons. The third-order valence-electron chi connectivity index (χ3n) is 8.56. The van der Waals surface area contributed by atoms with Crippen molar-refractivity contribution in [3.05, 3.63) is 100 Å². The molecule has 0 spiro atoms. The molecule has 4 aromatic carbocycles. The summed E-state index contributed by atoms with van der Waals surface area (Å²) >= 11 is 0. The van der Waals surface area contributed by atoms with Crippen LogP contribution in [0.5, 0.6) is 23.0 Å².